The Labute approximate surface area is 175 Å². The number of carbonyl (C=O) groups excluding carboxylic acids is 3. The SMILES string of the molecule is COc1ccc(N2C(=O)[C@@H]3[C@H](C2=O)[C@@H](C(=O)c2ccc(C)cc2)N2CCC[C@@H]32)cc1. The molecule has 3 aliphatic heterocycles. The number of ketones is 1. The molecule has 0 aliphatic carbocycles. The molecule has 154 valence electrons. The third-order valence-electron chi connectivity index (χ3n) is 6.79. The molecule has 2 aromatic carbocycles. The first-order chi connectivity index (χ1) is 14.5. The van der Waals surface area contributed by atoms with Crippen molar-refractivity contribution in [3.63, 3.8) is 0 Å². The van der Waals surface area contributed by atoms with E-state index in [-0.39, 0.29) is 23.6 Å². The van der Waals surface area contributed by atoms with Gasteiger partial charge in [0.1, 0.15) is 5.75 Å². The highest BCUT2D eigenvalue weighted by molar-refractivity contribution is 6.24. The molecule has 3 aliphatic rings. The van der Waals surface area contributed by atoms with Crippen molar-refractivity contribution in [2.24, 2.45) is 11.8 Å². The number of ether oxygens (including phenoxy) is 1. The molecule has 0 spiro atoms. The average molecular weight is 404 g/mol. The third kappa shape index (κ3) is 2.70. The number of benzene rings is 2. The number of aryl methyl sites for hydroxylation is 1. The first-order valence-corrected chi connectivity index (χ1v) is 10.4. The van der Waals surface area contributed by atoms with Crippen LogP contribution in [0.2, 0.25) is 0 Å². The van der Waals surface area contributed by atoms with Crippen molar-refractivity contribution in [3.05, 3.63) is 59.7 Å². The summed E-state index contributed by atoms with van der Waals surface area (Å²) in [6, 6.07) is 13.7. The lowest BCUT2D eigenvalue weighted by Gasteiger charge is -2.27. The molecule has 0 unspecified atom stereocenters. The van der Waals surface area contributed by atoms with Gasteiger partial charge in [-0.3, -0.25) is 19.3 Å². The molecule has 6 nitrogen and oxygen atoms in total. The maximum Gasteiger partial charge on any atom is 0.239 e. The Morgan fingerprint density at radius 3 is 2.30 bits per heavy atom. The smallest absolute Gasteiger partial charge is 0.239 e. The van der Waals surface area contributed by atoms with Crippen LogP contribution in [0.1, 0.15) is 28.8 Å². The molecule has 0 aromatic heterocycles. The first-order valence-electron chi connectivity index (χ1n) is 10.4. The fourth-order valence-corrected chi connectivity index (χ4v) is 5.39. The van der Waals surface area contributed by atoms with E-state index in [1.54, 1.807) is 31.4 Å². The molecular weight excluding hydrogens is 380 g/mol. The number of carbonyl (C=O) groups is 3. The monoisotopic (exact) mass is 404 g/mol. The molecule has 0 bridgehead atoms. The third-order valence-corrected chi connectivity index (χ3v) is 6.79. The van der Waals surface area contributed by atoms with Crippen LogP contribution in [0.15, 0.2) is 48.5 Å². The highest BCUT2D eigenvalue weighted by Crippen LogP contribution is 2.48. The minimum atomic E-state index is -0.626. The number of Topliss-reactive ketones (excluding diaryl/α,β-unsaturated/α-hetero) is 1. The summed E-state index contributed by atoms with van der Waals surface area (Å²) >= 11 is 0. The number of anilines is 1. The van der Waals surface area contributed by atoms with Gasteiger partial charge >= 0.3 is 0 Å². The van der Waals surface area contributed by atoms with Crippen LogP contribution in [-0.2, 0) is 9.59 Å². The second-order valence-electron chi connectivity index (χ2n) is 8.38. The van der Waals surface area contributed by atoms with E-state index in [4.69, 9.17) is 4.74 Å². The Kier molecular flexibility index (Phi) is 4.47. The van der Waals surface area contributed by atoms with E-state index in [0.29, 0.717) is 17.0 Å². The second-order valence-corrected chi connectivity index (χ2v) is 8.38. The number of imide groups is 1. The van der Waals surface area contributed by atoms with Gasteiger partial charge in [-0.25, -0.2) is 4.90 Å². The minimum absolute atomic E-state index is 0.0471. The Bertz CT molecular complexity index is 1010. The number of nitrogens with zero attached hydrogens (tertiary/aromatic N) is 2. The van der Waals surface area contributed by atoms with Crippen LogP contribution in [0.5, 0.6) is 5.75 Å². The Hall–Kier alpha value is -2.99. The molecule has 6 heteroatoms. The topological polar surface area (TPSA) is 66.9 Å². The van der Waals surface area contributed by atoms with E-state index in [1.807, 2.05) is 31.2 Å². The summed E-state index contributed by atoms with van der Waals surface area (Å²) in [5.74, 6) is -0.943. The quantitative estimate of drug-likeness (QED) is 0.579. The van der Waals surface area contributed by atoms with Crippen LogP contribution in [0, 0.1) is 18.8 Å². The summed E-state index contributed by atoms with van der Waals surface area (Å²) < 4.78 is 5.18. The van der Waals surface area contributed by atoms with E-state index in [9.17, 15) is 14.4 Å². The number of amides is 2. The Morgan fingerprint density at radius 2 is 1.63 bits per heavy atom. The second kappa shape index (κ2) is 7.06. The zero-order valence-electron chi connectivity index (χ0n) is 17.1. The number of hydrogen-bond acceptors (Lipinski definition) is 5. The standard InChI is InChI=1S/C24H24N2O4/c1-14-5-7-15(8-6-14)22(27)21-20-19(18-4-3-13-25(18)21)23(28)26(24(20)29)16-9-11-17(30-2)12-10-16/h5-12,18-21H,3-4,13H2,1-2H3/t18-,19-,20-,21-/m0/s1. The lowest BCUT2D eigenvalue weighted by atomic mass is 9.85. The highest BCUT2D eigenvalue weighted by Gasteiger charge is 2.64. The van der Waals surface area contributed by atoms with Crippen LogP contribution in [0.25, 0.3) is 0 Å². The van der Waals surface area contributed by atoms with Crippen LogP contribution in [-0.4, -0.2) is 48.2 Å². The predicted molar refractivity (Wildman–Crippen MR) is 111 cm³/mol. The van der Waals surface area contributed by atoms with Gasteiger partial charge in [0, 0.05) is 11.6 Å². The number of hydrogen-bond donors (Lipinski definition) is 0. The van der Waals surface area contributed by atoms with Crippen LogP contribution in [0.3, 0.4) is 0 Å². The Morgan fingerprint density at radius 1 is 0.967 bits per heavy atom. The zero-order chi connectivity index (χ0) is 21.0. The van der Waals surface area contributed by atoms with Gasteiger partial charge in [-0.1, -0.05) is 29.8 Å². The molecule has 4 atom stereocenters. The van der Waals surface area contributed by atoms with Crippen molar-refractivity contribution < 1.29 is 19.1 Å². The van der Waals surface area contributed by atoms with Gasteiger partial charge in [-0.05, 0) is 50.6 Å². The number of methoxy groups -OCH3 is 1. The van der Waals surface area contributed by atoms with Crippen LogP contribution >= 0.6 is 0 Å². The maximum absolute atomic E-state index is 13.5. The van der Waals surface area contributed by atoms with E-state index >= 15 is 0 Å². The van der Waals surface area contributed by atoms with Gasteiger partial charge in [0.25, 0.3) is 0 Å². The number of rotatable bonds is 4. The lowest BCUT2D eigenvalue weighted by Crippen LogP contribution is -2.46. The van der Waals surface area contributed by atoms with Gasteiger partial charge in [0.15, 0.2) is 5.78 Å². The van der Waals surface area contributed by atoms with E-state index < -0.39 is 17.9 Å². The minimum Gasteiger partial charge on any atom is -0.497 e. The number of fused-ring (bicyclic) bond motifs is 3. The van der Waals surface area contributed by atoms with Gasteiger partial charge in [-0.2, -0.15) is 0 Å². The van der Waals surface area contributed by atoms with Gasteiger partial charge < -0.3 is 4.74 Å². The van der Waals surface area contributed by atoms with Crippen molar-refractivity contribution in [1.29, 1.82) is 0 Å². The van der Waals surface area contributed by atoms with Gasteiger partial charge in [0.2, 0.25) is 11.8 Å². The summed E-state index contributed by atoms with van der Waals surface area (Å²) in [6.07, 6.45) is 1.78. The van der Waals surface area contributed by atoms with E-state index in [1.165, 1.54) is 4.90 Å². The molecule has 0 radical (unpaired) electrons. The van der Waals surface area contributed by atoms with E-state index in [0.717, 1.165) is 24.9 Å². The predicted octanol–water partition coefficient (Wildman–Crippen LogP) is 2.84. The van der Waals surface area contributed by atoms with Crippen LogP contribution < -0.4 is 9.64 Å². The van der Waals surface area contributed by atoms with Gasteiger partial charge in [0.05, 0.1) is 30.7 Å². The Balaban J connectivity index is 1.52. The summed E-state index contributed by atoms with van der Waals surface area (Å²) in [6.45, 7) is 2.73. The van der Waals surface area contributed by atoms with Crippen molar-refractivity contribution in [1.82, 2.24) is 4.90 Å². The largest absolute Gasteiger partial charge is 0.497 e. The molecule has 0 saturated carbocycles. The van der Waals surface area contributed by atoms with Crippen molar-refractivity contribution in [3.8, 4) is 5.75 Å². The summed E-state index contributed by atoms with van der Waals surface area (Å²) in [5, 5.41) is 0. The van der Waals surface area contributed by atoms with Crippen molar-refractivity contribution >= 4 is 23.3 Å². The molecule has 3 saturated heterocycles. The van der Waals surface area contributed by atoms with Crippen molar-refractivity contribution in [2.75, 3.05) is 18.6 Å². The average Bonchev–Trinajstić information content (AvgIpc) is 3.40. The summed E-state index contributed by atoms with van der Waals surface area (Å²) in [4.78, 5) is 43.7. The summed E-state index contributed by atoms with van der Waals surface area (Å²) in [7, 11) is 1.57. The zero-order valence-corrected chi connectivity index (χ0v) is 17.1. The fourth-order valence-electron chi connectivity index (χ4n) is 5.39. The molecule has 2 aromatic rings. The normalized spacial score (nSPS) is 28.0. The molecule has 5 rings (SSSR count). The molecule has 3 heterocycles. The fraction of sp³-hybridized carbons (Fsp3) is 0.375. The summed E-state index contributed by atoms with van der Waals surface area (Å²) in [5.41, 5.74) is 2.21. The maximum atomic E-state index is 13.5. The van der Waals surface area contributed by atoms with E-state index in [2.05, 4.69) is 4.90 Å². The molecule has 3 fully saturated rings. The van der Waals surface area contributed by atoms with Crippen molar-refractivity contribution in [2.45, 2.75) is 31.8 Å². The first kappa shape index (κ1) is 19.0. The van der Waals surface area contributed by atoms with Crippen LogP contribution in [0.4, 0.5) is 5.69 Å². The molecule has 2 amide bonds. The van der Waals surface area contributed by atoms with Gasteiger partial charge in [-0.15, -0.1) is 0 Å². The highest BCUT2D eigenvalue weighted by atomic mass is 16.5. The molecule has 0 N–H and O–H groups in total. The molecule has 30 heavy (non-hydrogen) atoms. The lowest BCUT2D eigenvalue weighted by molar-refractivity contribution is -0.123. The molecular formula is C24H24N2O4.